The van der Waals surface area contributed by atoms with Crippen LogP contribution in [-0.4, -0.2) is 40.8 Å². The molecule has 2 aromatic heterocycles. The van der Waals surface area contributed by atoms with E-state index in [1.165, 1.54) is 27.8 Å². The number of hydrogen-bond donors (Lipinski definition) is 1. The van der Waals surface area contributed by atoms with Crippen LogP contribution in [-0.2, 0) is 0 Å². The van der Waals surface area contributed by atoms with Crippen LogP contribution in [0.2, 0.25) is 0 Å². The summed E-state index contributed by atoms with van der Waals surface area (Å²) in [7, 11) is 0. The van der Waals surface area contributed by atoms with Crippen LogP contribution in [0.5, 0.6) is 0 Å². The van der Waals surface area contributed by atoms with Gasteiger partial charge in [0.25, 0.3) is 11.6 Å². The van der Waals surface area contributed by atoms with Crippen LogP contribution in [0.3, 0.4) is 0 Å². The van der Waals surface area contributed by atoms with Crippen LogP contribution in [0.15, 0.2) is 67.1 Å². The lowest BCUT2D eigenvalue weighted by atomic mass is 10.2. The first-order valence-corrected chi connectivity index (χ1v) is 8.05. The van der Waals surface area contributed by atoms with Gasteiger partial charge in [-0.25, -0.2) is 9.36 Å². The summed E-state index contributed by atoms with van der Waals surface area (Å²) in [6.45, 7) is 0. The number of hydrogen-bond acceptors (Lipinski definition) is 7. The van der Waals surface area contributed by atoms with Gasteiger partial charge in [0, 0.05) is 24.0 Å². The molecule has 0 aliphatic heterocycles. The Kier molecular flexibility index (Phi) is 4.30. The smallest absolute Gasteiger partial charge is 0.276 e. The minimum absolute atomic E-state index is 0.0148. The number of aromatic nitrogens is 6. The van der Waals surface area contributed by atoms with Gasteiger partial charge in [0.15, 0.2) is 5.69 Å². The predicted molar refractivity (Wildman–Crippen MR) is 97.3 cm³/mol. The van der Waals surface area contributed by atoms with Gasteiger partial charge in [-0.1, -0.05) is 0 Å². The normalized spacial score (nSPS) is 10.6. The van der Waals surface area contributed by atoms with Crippen molar-refractivity contribution in [3.63, 3.8) is 0 Å². The van der Waals surface area contributed by atoms with Crippen molar-refractivity contribution in [2.24, 2.45) is 0 Å². The average molecular weight is 376 g/mol. The third kappa shape index (κ3) is 3.44. The zero-order chi connectivity index (χ0) is 19.5. The molecule has 2 heterocycles. The largest absolute Gasteiger partial charge is 0.321 e. The summed E-state index contributed by atoms with van der Waals surface area (Å²) in [6.07, 6.45) is 3.08. The Hall–Kier alpha value is -4.41. The Balaban J connectivity index is 1.46. The zero-order valence-corrected chi connectivity index (χ0v) is 14.2. The molecule has 0 bridgehead atoms. The first-order valence-electron chi connectivity index (χ1n) is 8.05. The number of amides is 1. The fraction of sp³-hybridized carbons (Fsp3) is 0. The maximum atomic E-state index is 12.4. The Morgan fingerprint density at radius 3 is 2.29 bits per heavy atom. The summed E-state index contributed by atoms with van der Waals surface area (Å²) in [4.78, 5) is 22.6. The van der Waals surface area contributed by atoms with Crippen LogP contribution < -0.4 is 5.32 Å². The second-order valence-electron chi connectivity index (χ2n) is 5.67. The van der Waals surface area contributed by atoms with Gasteiger partial charge < -0.3 is 5.32 Å². The number of nitrogens with zero attached hydrogens (tertiary/aromatic N) is 7. The lowest BCUT2D eigenvalue weighted by Gasteiger charge is -2.05. The first kappa shape index (κ1) is 17.0. The number of carbonyl (C=O) groups excluding carboxylic acids is 1. The number of non-ortho nitro benzene ring substituents is 1. The Labute approximate surface area is 157 Å². The minimum Gasteiger partial charge on any atom is -0.321 e. The quantitative estimate of drug-likeness (QED) is 0.416. The van der Waals surface area contributed by atoms with Gasteiger partial charge in [-0.3, -0.25) is 14.9 Å². The van der Waals surface area contributed by atoms with E-state index >= 15 is 0 Å². The van der Waals surface area contributed by atoms with E-state index in [9.17, 15) is 14.9 Å². The lowest BCUT2D eigenvalue weighted by Crippen LogP contribution is -2.13. The molecule has 4 aromatic rings. The van der Waals surface area contributed by atoms with E-state index in [2.05, 4.69) is 25.9 Å². The van der Waals surface area contributed by atoms with Crippen LogP contribution in [0.4, 0.5) is 11.4 Å². The van der Waals surface area contributed by atoms with Crippen molar-refractivity contribution in [3.05, 3.63) is 82.9 Å². The van der Waals surface area contributed by atoms with Gasteiger partial charge >= 0.3 is 0 Å². The molecule has 11 heteroatoms. The maximum Gasteiger partial charge on any atom is 0.276 e. The molecule has 0 saturated heterocycles. The molecule has 0 unspecified atom stereocenters. The van der Waals surface area contributed by atoms with Gasteiger partial charge in [0.1, 0.15) is 6.33 Å². The molecular weight excluding hydrogens is 364 g/mol. The number of carbonyl (C=O) groups is 1. The van der Waals surface area contributed by atoms with E-state index in [4.69, 9.17) is 0 Å². The van der Waals surface area contributed by atoms with Gasteiger partial charge in [0.05, 0.1) is 16.3 Å². The molecule has 1 N–H and O–H groups in total. The molecule has 0 atom stereocenters. The van der Waals surface area contributed by atoms with Crippen molar-refractivity contribution in [3.8, 4) is 11.4 Å². The molecule has 28 heavy (non-hydrogen) atoms. The first-order chi connectivity index (χ1) is 13.6. The van der Waals surface area contributed by atoms with Crippen molar-refractivity contribution in [1.82, 2.24) is 30.0 Å². The van der Waals surface area contributed by atoms with Crippen molar-refractivity contribution >= 4 is 17.3 Å². The summed E-state index contributed by atoms with van der Waals surface area (Å²) >= 11 is 0. The number of tetrazole rings is 1. The summed E-state index contributed by atoms with van der Waals surface area (Å²) in [5.74, 6) is -0.379. The fourth-order valence-electron chi connectivity index (χ4n) is 2.49. The van der Waals surface area contributed by atoms with Gasteiger partial charge in [-0.2, -0.15) is 5.10 Å². The average Bonchev–Trinajstić information content (AvgIpc) is 3.41. The molecule has 138 valence electrons. The minimum atomic E-state index is -0.476. The fourth-order valence-corrected chi connectivity index (χ4v) is 2.49. The summed E-state index contributed by atoms with van der Waals surface area (Å²) in [5, 5.41) is 28.6. The van der Waals surface area contributed by atoms with E-state index in [-0.39, 0.29) is 17.3 Å². The van der Waals surface area contributed by atoms with E-state index < -0.39 is 4.92 Å². The van der Waals surface area contributed by atoms with Crippen molar-refractivity contribution in [2.75, 3.05) is 5.32 Å². The predicted octanol–water partition coefficient (Wildman–Crippen LogP) is 2.01. The standard InChI is InChI=1S/C17H12N8O3/c26-17(19-12-1-3-14(4-2-12)24-11-18-21-22-24)16-9-10-23(20-16)13-5-7-15(8-6-13)25(27)28/h1-11H,(H,19,26). The van der Waals surface area contributed by atoms with Crippen molar-refractivity contribution in [2.45, 2.75) is 0 Å². The monoisotopic (exact) mass is 376 g/mol. The molecule has 0 saturated carbocycles. The second kappa shape index (κ2) is 7.07. The van der Waals surface area contributed by atoms with Gasteiger partial charge in [-0.15, -0.1) is 5.10 Å². The van der Waals surface area contributed by atoms with E-state index in [1.807, 2.05) is 0 Å². The molecule has 0 aliphatic rings. The van der Waals surface area contributed by atoms with Crippen LogP contribution >= 0.6 is 0 Å². The molecule has 11 nitrogen and oxygen atoms in total. The van der Waals surface area contributed by atoms with Gasteiger partial charge in [-0.05, 0) is 52.9 Å². The molecular formula is C17H12N8O3. The third-order valence-corrected chi connectivity index (χ3v) is 3.89. The number of nitro groups is 1. The third-order valence-electron chi connectivity index (χ3n) is 3.89. The van der Waals surface area contributed by atoms with Crippen LogP contribution in [0.1, 0.15) is 10.5 Å². The number of anilines is 1. The summed E-state index contributed by atoms with van der Waals surface area (Å²) < 4.78 is 2.97. The second-order valence-corrected chi connectivity index (χ2v) is 5.67. The van der Waals surface area contributed by atoms with Crippen LogP contribution in [0.25, 0.3) is 11.4 Å². The number of rotatable bonds is 5. The van der Waals surface area contributed by atoms with Crippen molar-refractivity contribution in [1.29, 1.82) is 0 Å². The molecule has 2 aromatic carbocycles. The molecule has 1 amide bonds. The number of nitrogens with one attached hydrogen (secondary N) is 1. The lowest BCUT2D eigenvalue weighted by molar-refractivity contribution is -0.384. The highest BCUT2D eigenvalue weighted by atomic mass is 16.6. The molecule has 0 radical (unpaired) electrons. The Morgan fingerprint density at radius 1 is 0.964 bits per heavy atom. The molecule has 0 spiro atoms. The number of benzene rings is 2. The Bertz CT molecular complexity index is 1120. The summed E-state index contributed by atoms with van der Waals surface area (Å²) in [6, 6.07) is 14.4. The molecule has 0 fully saturated rings. The SMILES string of the molecule is O=C(Nc1ccc(-n2cnnn2)cc1)c1ccn(-c2ccc([N+](=O)[O-])cc2)n1. The van der Waals surface area contributed by atoms with E-state index in [1.54, 1.807) is 48.7 Å². The highest BCUT2D eigenvalue weighted by Gasteiger charge is 2.12. The van der Waals surface area contributed by atoms with E-state index in [0.29, 0.717) is 11.4 Å². The Morgan fingerprint density at radius 2 is 1.64 bits per heavy atom. The zero-order valence-electron chi connectivity index (χ0n) is 14.2. The number of nitro benzene ring substituents is 1. The topological polar surface area (TPSA) is 134 Å². The van der Waals surface area contributed by atoms with Crippen molar-refractivity contribution < 1.29 is 9.72 Å². The molecule has 4 rings (SSSR count). The highest BCUT2D eigenvalue weighted by Crippen LogP contribution is 2.16. The van der Waals surface area contributed by atoms with Gasteiger partial charge in [0.2, 0.25) is 0 Å². The van der Waals surface area contributed by atoms with Crippen LogP contribution in [0, 0.1) is 10.1 Å². The van der Waals surface area contributed by atoms with E-state index in [0.717, 1.165) is 5.69 Å². The molecule has 0 aliphatic carbocycles. The maximum absolute atomic E-state index is 12.4. The highest BCUT2D eigenvalue weighted by molar-refractivity contribution is 6.02. The summed E-state index contributed by atoms with van der Waals surface area (Å²) in [5.41, 5.74) is 2.15.